The first-order chi connectivity index (χ1) is 12.9. The summed E-state index contributed by atoms with van der Waals surface area (Å²) in [4.78, 5) is 30.7. The number of piperazine rings is 1. The normalized spacial score (nSPS) is 23.1. The van der Waals surface area contributed by atoms with Crippen molar-refractivity contribution in [2.45, 2.75) is 12.3 Å². The van der Waals surface area contributed by atoms with Crippen molar-refractivity contribution in [2.75, 3.05) is 49.2 Å². The van der Waals surface area contributed by atoms with Crippen LogP contribution >= 0.6 is 0 Å². The highest BCUT2D eigenvalue weighted by molar-refractivity contribution is 6.27. The Hall–Kier alpha value is -2.86. The first kappa shape index (κ1) is 17.5. The number of rotatable bonds is 2. The second-order valence-electron chi connectivity index (χ2n) is 7.55. The summed E-state index contributed by atoms with van der Waals surface area (Å²) in [5.41, 5.74) is 7.91. The van der Waals surface area contributed by atoms with E-state index in [0.717, 1.165) is 31.9 Å². The molecule has 2 aromatic rings. The van der Waals surface area contributed by atoms with Crippen LogP contribution in [-0.2, 0) is 10.2 Å². The van der Waals surface area contributed by atoms with Gasteiger partial charge in [0.25, 0.3) is 0 Å². The maximum atomic E-state index is 13.3. The highest BCUT2D eigenvalue weighted by Gasteiger charge is 2.47. The number of likely N-dealkylation sites (N-methyl/N-ethyl adjacent to an activating group) is 1. The second kappa shape index (κ2) is 6.39. The molecule has 2 aliphatic heterocycles. The number of nitrogens with zero attached hydrogens (tertiary/aromatic N) is 2. The maximum absolute atomic E-state index is 13.3. The first-order valence-corrected chi connectivity index (χ1v) is 9.19. The van der Waals surface area contributed by atoms with Crippen molar-refractivity contribution in [1.82, 2.24) is 4.90 Å². The summed E-state index contributed by atoms with van der Waals surface area (Å²) in [7, 11) is 2.11. The molecule has 1 atom stereocenters. The molecule has 3 N–H and O–H groups in total. The lowest BCUT2D eigenvalue weighted by molar-refractivity contribution is -0.119. The van der Waals surface area contributed by atoms with Gasteiger partial charge in [0.05, 0.1) is 5.69 Å². The van der Waals surface area contributed by atoms with Crippen LogP contribution in [0.2, 0.25) is 0 Å². The molecule has 1 amide bonds. The van der Waals surface area contributed by atoms with E-state index in [-0.39, 0.29) is 11.7 Å². The summed E-state index contributed by atoms with van der Waals surface area (Å²) in [6.45, 7) is 5.53. The average molecular weight is 364 g/mol. The number of hydrogen-bond donors (Lipinski definition) is 2. The van der Waals surface area contributed by atoms with Crippen LogP contribution < -0.4 is 16.0 Å². The van der Waals surface area contributed by atoms with Gasteiger partial charge in [0.2, 0.25) is 5.91 Å². The molecule has 27 heavy (non-hydrogen) atoms. The average Bonchev–Trinajstić information content (AvgIpc) is 2.67. The molecule has 1 unspecified atom stereocenters. The fourth-order valence-electron chi connectivity index (χ4n) is 3.79. The highest BCUT2D eigenvalue weighted by atomic mass is 16.2. The van der Waals surface area contributed by atoms with Crippen molar-refractivity contribution in [3.05, 3.63) is 53.6 Å². The van der Waals surface area contributed by atoms with E-state index >= 15 is 0 Å². The fraction of sp³-hybridized carbons (Fsp3) is 0.333. The minimum atomic E-state index is -1.25. The van der Waals surface area contributed by atoms with Gasteiger partial charge in [0, 0.05) is 43.1 Å². The molecule has 6 heteroatoms. The quantitative estimate of drug-likeness (QED) is 0.630. The smallest absolute Gasteiger partial charge is 0.242 e. The Labute approximate surface area is 158 Å². The molecule has 140 valence electrons. The van der Waals surface area contributed by atoms with E-state index < -0.39 is 5.41 Å². The van der Waals surface area contributed by atoms with Crippen LogP contribution in [0, 0.1) is 0 Å². The lowest BCUT2D eigenvalue weighted by Crippen LogP contribution is -2.48. The van der Waals surface area contributed by atoms with Gasteiger partial charge in [-0.1, -0.05) is 12.1 Å². The Kier molecular flexibility index (Phi) is 4.15. The summed E-state index contributed by atoms with van der Waals surface area (Å²) in [6, 6.07) is 12.6. The van der Waals surface area contributed by atoms with Crippen LogP contribution in [0.25, 0.3) is 0 Å². The van der Waals surface area contributed by atoms with E-state index in [1.54, 1.807) is 31.2 Å². The Balaban J connectivity index is 1.68. The second-order valence-corrected chi connectivity index (χ2v) is 7.55. The van der Waals surface area contributed by atoms with Gasteiger partial charge >= 0.3 is 0 Å². The number of nitrogens with one attached hydrogen (secondary N) is 1. The van der Waals surface area contributed by atoms with Gasteiger partial charge in [-0.05, 0) is 49.9 Å². The standard InChI is InChI=1S/C21H24N4O2/c1-21(14-3-5-15(22)6-4-14)19(26)17-8-7-16(13-18(17)23-20(21)27)25-11-9-24(2)10-12-25/h3-8,13H,9-12,22H2,1-2H3,(H,23,27). The van der Waals surface area contributed by atoms with E-state index in [0.29, 0.717) is 22.5 Å². The molecule has 0 aliphatic carbocycles. The van der Waals surface area contributed by atoms with Gasteiger partial charge in [-0.2, -0.15) is 0 Å². The molecule has 1 fully saturated rings. The third kappa shape index (κ3) is 2.86. The number of anilines is 3. The van der Waals surface area contributed by atoms with Gasteiger partial charge in [0.1, 0.15) is 5.41 Å². The Bertz CT molecular complexity index is 901. The Morgan fingerprint density at radius 3 is 2.33 bits per heavy atom. The minimum absolute atomic E-state index is 0.184. The molecule has 6 nitrogen and oxygen atoms in total. The van der Waals surface area contributed by atoms with Gasteiger partial charge in [-0.15, -0.1) is 0 Å². The zero-order valence-electron chi connectivity index (χ0n) is 15.7. The third-order valence-corrected chi connectivity index (χ3v) is 5.76. The number of Topliss-reactive ketones (excluding diaryl/α,β-unsaturated/α-hetero) is 1. The van der Waals surface area contributed by atoms with Crippen molar-refractivity contribution in [3.63, 3.8) is 0 Å². The number of amides is 1. The number of hydrogen-bond acceptors (Lipinski definition) is 5. The van der Waals surface area contributed by atoms with Crippen molar-refractivity contribution < 1.29 is 9.59 Å². The van der Waals surface area contributed by atoms with Crippen molar-refractivity contribution in [1.29, 1.82) is 0 Å². The Morgan fingerprint density at radius 2 is 1.67 bits per heavy atom. The number of benzene rings is 2. The van der Waals surface area contributed by atoms with Gasteiger partial charge in [-0.3, -0.25) is 9.59 Å². The van der Waals surface area contributed by atoms with Crippen LogP contribution in [0.4, 0.5) is 17.1 Å². The number of fused-ring (bicyclic) bond motifs is 1. The monoisotopic (exact) mass is 364 g/mol. The molecule has 0 bridgehead atoms. The summed E-state index contributed by atoms with van der Waals surface area (Å²) >= 11 is 0. The summed E-state index contributed by atoms with van der Waals surface area (Å²) < 4.78 is 0. The fourth-order valence-corrected chi connectivity index (χ4v) is 3.79. The van der Waals surface area contributed by atoms with Gasteiger partial charge in [-0.25, -0.2) is 0 Å². The molecule has 0 spiro atoms. The predicted octanol–water partition coefficient (Wildman–Crippen LogP) is 2.11. The molecule has 0 radical (unpaired) electrons. The van der Waals surface area contributed by atoms with Crippen LogP contribution in [0.15, 0.2) is 42.5 Å². The molecule has 1 saturated heterocycles. The third-order valence-electron chi connectivity index (χ3n) is 5.76. The van der Waals surface area contributed by atoms with E-state index in [1.165, 1.54) is 0 Å². The summed E-state index contributed by atoms with van der Waals surface area (Å²) in [5.74, 6) is -0.490. The van der Waals surface area contributed by atoms with Crippen LogP contribution in [0.3, 0.4) is 0 Å². The molecule has 0 saturated carbocycles. The summed E-state index contributed by atoms with van der Waals surface area (Å²) in [6.07, 6.45) is 0. The van der Waals surface area contributed by atoms with Crippen LogP contribution in [-0.4, -0.2) is 49.8 Å². The zero-order valence-corrected chi connectivity index (χ0v) is 15.7. The number of carbonyl (C=O) groups is 2. The number of nitrogens with two attached hydrogens (primary N) is 1. The largest absolute Gasteiger partial charge is 0.399 e. The van der Waals surface area contributed by atoms with E-state index in [9.17, 15) is 9.59 Å². The lowest BCUT2D eigenvalue weighted by Gasteiger charge is -2.36. The zero-order chi connectivity index (χ0) is 19.2. The lowest BCUT2D eigenvalue weighted by atomic mass is 9.73. The van der Waals surface area contributed by atoms with Crippen molar-refractivity contribution >= 4 is 28.8 Å². The topological polar surface area (TPSA) is 78.7 Å². The Morgan fingerprint density at radius 1 is 1.00 bits per heavy atom. The van der Waals surface area contributed by atoms with Crippen LogP contribution in [0.1, 0.15) is 22.8 Å². The minimum Gasteiger partial charge on any atom is -0.399 e. The van der Waals surface area contributed by atoms with E-state index in [4.69, 9.17) is 5.73 Å². The molecule has 2 aromatic carbocycles. The SMILES string of the molecule is CN1CCN(c2ccc3c(c2)NC(=O)C(C)(c2ccc(N)cc2)C3=O)CC1. The van der Waals surface area contributed by atoms with Gasteiger partial charge < -0.3 is 20.9 Å². The molecule has 2 heterocycles. The molecule has 0 aromatic heterocycles. The summed E-state index contributed by atoms with van der Waals surface area (Å²) in [5, 5.41) is 2.95. The molecule has 2 aliphatic rings. The highest BCUT2D eigenvalue weighted by Crippen LogP contribution is 2.38. The first-order valence-electron chi connectivity index (χ1n) is 9.19. The molecular weight excluding hydrogens is 340 g/mol. The number of nitrogen functional groups attached to an aromatic ring is 1. The van der Waals surface area contributed by atoms with Gasteiger partial charge in [0.15, 0.2) is 5.78 Å². The van der Waals surface area contributed by atoms with E-state index in [1.807, 2.05) is 18.2 Å². The van der Waals surface area contributed by atoms with Crippen molar-refractivity contribution in [2.24, 2.45) is 0 Å². The number of carbonyl (C=O) groups excluding carboxylic acids is 2. The number of ketones is 1. The van der Waals surface area contributed by atoms with Crippen LogP contribution in [0.5, 0.6) is 0 Å². The predicted molar refractivity (Wildman–Crippen MR) is 107 cm³/mol. The van der Waals surface area contributed by atoms with E-state index in [2.05, 4.69) is 22.2 Å². The maximum Gasteiger partial charge on any atom is 0.242 e. The molecule has 4 rings (SSSR count). The molecular formula is C21H24N4O2. The van der Waals surface area contributed by atoms with Crippen molar-refractivity contribution in [3.8, 4) is 0 Å².